The smallest absolute Gasteiger partial charge is 0.329 e. The zero-order valence-corrected chi connectivity index (χ0v) is 16.0. The van der Waals surface area contributed by atoms with Gasteiger partial charge in [0.05, 0.1) is 6.61 Å². The zero-order valence-electron chi connectivity index (χ0n) is 16.0. The Bertz CT molecular complexity index is 717. The highest BCUT2D eigenvalue weighted by Crippen LogP contribution is 2.44. The molecule has 6 heteroatoms. The molecule has 0 aromatic carbocycles. The summed E-state index contributed by atoms with van der Waals surface area (Å²) >= 11 is 0. The van der Waals surface area contributed by atoms with Crippen molar-refractivity contribution in [3.8, 4) is 5.88 Å². The molecule has 0 saturated heterocycles. The molecule has 2 N–H and O–H groups in total. The molecule has 0 aliphatic heterocycles. The van der Waals surface area contributed by atoms with Crippen LogP contribution in [0.1, 0.15) is 75.3 Å². The van der Waals surface area contributed by atoms with E-state index in [2.05, 4.69) is 10.3 Å². The van der Waals surface area contributed by atoms with Gasteiger partial charge in [-0.1, -0.05) is 26.8 Å². The van der Waals surface area contributed by atoms with Crippen LogP contribution in [-0.2, 0) is 4.79 Å². The van der Waals surface area contributed by atoms with Crippen LogP contribution in [0.4, 0.5) is 0 Å². The Balaban J connectivity index is 1.81. The van der Waals surface area contributed by atoms with Gasteiger partial charge in [-0.15, -0.1) is 0 Å². The van der Waals surface area contributed by atoms with Crippen molar-refractivity contribution in [3.05, 3.63) is 23.4 Å². The molecule has 1 heterocycles. The van der Waals surface area contributed by atoms with Gasteiger partial charge in [-0.3, -0.25) is 4.79 Å². The summed E-state index contributed by atoms with van der Waals surface area (Å²) in [5, 5.41) is 12.3. The number of rotatable bonds is 7. The number of amides is 1. The first kappa shape index (κ1) is 18.7. The normalized spacial score (nSPS) is 19.5. The molecule has 2 fully saturated rings. The number of nitrogens with one attached hydrogen (secondary N) is 1. The van der Waals surface area contributed by atoms with Crippen LogP contribution in [0.3, 0.4) is 0 Å². The Hall–Kier alpha value is -2.11. The number of carbonyl (C=O) groups excluding carboxylic acids is 1. The fourth-order valence-electron chi connectivity index (χ4n) is 2.73. The third kappa shape index (κ3) is 3.84. The molecule has 2 aliphatic rings. The number of aromatic nitrogens is 1. The average Bonchev–Trinajstić information content (AvgIpc) is 3.45. The Kier molecular flexibility index (Phi) is 4.71. The average molecular weight is 360 g/mol. The van der Waals surface area contributed by atoms with Gasteiger partial charge < -0.3 is 15.2 Å². The number of nitrogens with zero attached hydrogens (tertiary/aromatic N) is 1. The Morgan fingerprint density at radius 2 is 1.85 bits per heavy atom. The summed E-state index contributed by atoms with van der Waals surface area (Å²) < 4.78 is 5.89. The van der Waals surface area contributed by atoms with Crippen molar-refractivity contribution < 1.29 is 19.4 Å². The lowest BCUT2D eigenvalue weighted by Gasteiger charge is -2.38. The van der Waals surface area contributed by atoms with Gasteiger partial charge in [-0.25, -0.2) is 9.78 Å². The van der Waals surface area contributed by atoms with Crippen LogP contribution in [0.25, 0.3) is 0 Å². The summed E-state index contributed by atoms with van der Waals surface area (Å²) in [7, 11) is 0. The van der Waals surface area contributed by atoms with E-state index in [0.717, 1.165) is 18.4 Å². The molecule has 1 amide bonds. The van der Waals surface area contributed by atoms with Crippen LogP contribution < -0.4 is 10.1 Å². The maximum Gasteiger partial charge on any atom is 0.329 e. The Morgan fingerprint density at radius 3 is 2.35 bits per heavy atom. The number of carboxylic acids is 1. The second kappa shape index (κ2) is 6.56. The van der Waals surface area contributed by atoms with Crippen molar-refractivity contribution >= 4 is 11.9 Å². The highest BCUT2D eigenvalue weighted by Gasteiger charge is 2.46. The van der Waals surface area contributed by atoms with E-state index in [-0.39, 0.29) is 5.69 Å². The summed E-state index contributed by atoms with van der Waals surface area (Å²) in [5.74, 6) is 0.0200. The molecule has 0 spiro atoms. The van der Waals surface area contributed by atoms with E-state index in [9.17, 15) is 14.7 Å². The second-order valence-electron chi connectivity index (χ2n) is 8.75. The summed E-state index contributed by atoms with van der Waals surface area (Å²) in [5.41, 5.74) is -0.820. The van der Waals surface area contributed by atoms with Crippen molar-refractivity contribution in [2.75, 3.05) is 6.61 Å². The molecule has 142 valence electrons. The standard InChI is InChI=1S/C20H28N2O4/c1-19(2,3)20(4,18(24)25)22-16(23)15-10-9-14(13-7-8-13)17(21-15)26-11-12-5-6-12/h9-10,12-13H,5-8,11H2,1-4H3,(H,22,23)(H,24,25)/t20-/m1/s1. The SMILES string of the molecule is CC(C)(C)[C@](C)(NC(=O)c1ccc(C2CC2)c(OCC2CC2)n1)C(=O)O. The number of carbonyl (C=O) groups is 2. The highest BCUT2D eigenvalue weighted by molar-refractivity contribution is 5.96. The first-order chi connectivity index (χ1) is 12.1. The predicted octanol–water partition coefficient (Wildman–Crippen LogP) is 3.37. The van der Waals surface area contributed by atoms with Gasteiger partial charge in [-0.2, -0.15) is 0 Å². The summed E-state index contributed by atoms with van der Waals surface area (Å²) in [6.45, 7) is 7.52. The molecule has 0 bridgehead atoms. The lowest BCUT2D eigenvalue weighted by atomic mass is 9.74. The number of hydrogen-bond donors (Lipinski definition) is 2. The fraction of sp³-hybridized carbons (Fsp3) is 0.650. The maximum atomic E-state index is 12.7. The molecule has 2 saturated carbocycles. The van der Waals surface area contributed by atoms with Crippen LogP contribution in [0.2, 0.25) is 0 Å². The van der Waals surface area contributed by atoms with E-state index < -0.39 is 22.8 Å². The largest absolute Gasteiger partial charge is 0.479 e. The van der Waals surface area contributed by atoms with Gasteiger partial charge in [0.1, 0.15) is 11.2 Å². The van der Waals surface area contributed by atoms with Gasteiger partial charge >= 0.3 is 5.97 Å². The molecule has 2 aliphatic carbocycles. The molecule has 1 aromatic rings. The first-order valence-electron chi connectivity index (χ1n) is 9.31. The van der Waals surface area contributed by atoms with E-state index in [1.807, 2.05) is 6.07 Å². The van der Waals surface area contributed by atoms with Gasteiger partial charge in [-0.05, 0) is 55.9 Å². The van der Waals surface area contributed by atoms with Crippen LogP contribution >= 0.6 is 0 Å². The minimum absolute atomic E-state index is 0.192. The summed E-state index contributed by atoms with van der Waals surface area (Å²) in [6, 6.07) is 3.56. The molecule has 3 rings (SSSR count). The molecule has 1 atom stereocenters. The molecular formula is C20H28N2O4. The van der Waals surface area contributed by atoms with E-state index in [1.165, 1.54) is 19.8 Å². The molecule has 1 aromatic heterocycles. The van der Waals surface area contributed by atoms with Gasteiger partial charge in [0.2, 0.25) is 5.88 Å². The number of pyridine rings is 1. The van der Waals surface area contributed by atoms with Crippen molar-refractivity contribution in [3.63, 3.8) is 0 Å². The quantitative estimate of drug-likeness (QED) is 0.778. The van der Waals surface area contributed by atoms with Crippen molar-refractivity contribution in [2.45, 2.75) is 64.8 Å². The summed E-state index contributed by atoms with van der Waals surface area (Å²) in [4.78, 5) is 28.9. The van der Waals surface area contributed by atoms with Crippen molar-refractivity contribution in [2.24, 2.45) is 11.3 Å². The van der Waals surface area contributed by atoms with Gasteiger partial charge in [0.25, 0.3) is 5.91 Å². The summed E-state index contributed by atoms with van der Waals surface area (Å²) in [6.07, 6.45) is 4.60. The number of hydrogen-bond acceptors (Lipinski definition) is 4. The molecule has 0 radical (unpaired) electrons. The topological polar surface area (TPSA) is 88.5 Å². The molecular weight excluding hydrogens is 332 g/mol. The highest BCUT2D eigenvalue weighted by atomic mass is 16.5. The van der Waals surface area contributed by atoms with Crippen LogP contribution in [0.5, 0.6) is 5.88 Å². The monoisotopic (exact) mass is 360 g/mol. The minimum Gasteiger partial charge on any atom is -0.479 e. The third-order valence-corrected chi connectivity index (χ3v) is 5.58. The number of ether oxygens (including phenoxy) is 1. The van der Waals surface area contributed by atoms with E-state index in [1.54, 1.807) is 26.8 Å². The molecule has 6 nitrogen and oxygen atoms in total. The van der Waals surface area contributed by atoms with E-state index >= 15 is 0 Å². The first-order valence-corrected chi connectivity index (χ1v) is 9.31. The third-order valence-electron chi connectivity index (χ3n) is 5.58. The second-order valence-corrected chi connectivity index (χ2v) is 8.75. The van der Waals surface area contributed by atoms with Crippen LogP contribution in [0, 0.1) is 11.3 Å². The number of carboxylic acid groups (broad SMARTS) is 1. The molecule has 26 heavy (non-hydrogen) atoms. The Labute approximate surface area is 154 Å². The number of aliphatic carboxylic acids is 1. The van der Waals surface area contributed by atoms with Gasteiger partial charge in [0, 0.05) is 5.56 Å². The van der Waals surface area contributed by atoms with Gasteiger partial charge in [0.15, 0.2) is 0 Å². The van der Waals surface area contributed by atoms with E-state index in [0.29, 0.717) is 24.3 Å². The lowest BCUT2D eigenvalue weighted by Crippen LogP contribution is -2.60. The van der Waals surface area contributed by atoms with Crippen molar-refractivity contribution in [1.29, 1.82) is 0 Å². The van der Waals surface area contributed by atoms with Crippen molar-refractivity contribution in [1.82, 2.24) is 10.3 Å². The zero-order chi connectivity index (χ0) is 19.1. The Morgan fingerprint density at radius 1 is 1.19 bits per heavy atom. The molecule has 0 unspecified atom stereocenters. The lowest BCUT2D eigenvalue weighted by molar-refractivity contribution is -0.148. The minimum atomic E-state index is -1.41. The van der Waals surface area contributed by atoms with Crippen LogP contribution in [-0.4, -0.2) is 34.1 Å². The fourth-order valence-corrected chi connectivity index (χ4v) is 2.73. The van der Waals surface area contributed by atoms with E-state index in [4.69, 9.17) is 4.74 Å². The van der Waals surface area contributed by atoms with Crippen LogP contribution in [0.15, 0.2) is 12.1 Å². The maximum absolute atomic E-state index is 12.7. The predicted molar refractivity (Wildman–Crippen MR) is 97.4 cm³/mol.